The summed E-state index contributed by atoms with van der Waals surface area (Å²) >= 11 is 0. The van der Waals surface area contributed by atoms with Crippen LogP contribution < -0.4 is 4.74 Å². The van der Waals surface area contributed by atoms with Crippen molar-refractivity contribution in [3.05, 3.63) is 30.6 Å². The van der Waals surface area contributed by atoms with Gasteiger partial charge in [-0.15, -0.1) is 0 Å². The lowest BCUT2D eigenvalue weighted by atomic mass is 10.2. The summed E-state index contributed by atoms with van der Waals surface area (Å²) in [4.78, 5) is 11.2. The van der Waals surface area contributed by atoms with Crippen LogP contribution in [0.5, 0.6) is 5.88 Å². The van der Waals surface area contributed by atoms with Gasteiger partial charge in [0.05, 0.1) is 5.56 Å². The molecule has 23 heavy (non-hydrogen) atoms. The zero-order valence-electron chi connectivity index (χ0n) is 11.6. The van der Waals surface area contributed by atoms with Crippen LogP contribution in [0.15, 0.2) is 25.0 Å². The van der Waals surface area contributed by atoms with Gasteiger partial charge in [0, 0.05) is 12.4 Å². The Morgan fingerprint density at radius 2 is 1.91 bits per heavy atom. The second-order valence-electron chi connectivity index (χ2n) is 4.55. The molecule has 0 amide bonds. The molecule has 0 fully saturated rings. The zero-order chi connectivity index (χ0) is 17.3. The van der Waals surface area contributed by atoms with Gasteiger partial charge in [0.25, 0.3) is 6.17 Å². The van der Waals surface area contributed by atoms with Crippen molar-refractivity contribution in [2.45, 2.75) is 25.2 Å². The van der Waals surface area contributed by atoms with E-state index in [0.29, 0.717) is 0 Å². The van der Waals surface area contributed by atoms with Gasteiger partial charge in [0.2, 0.25) is 5.88 Å². The van der Waals surface area contributed by atoms with Crippen LogP contribution in [0.25, 0.3) is 5.82 Å². The number of imidazole rings is 1. The van der Waals surface area contributed by atoms with Gasteiger partial charge in [0.1, 0.15) is 18.5 Å². The van der Waals surface area contributed by atoms with Gasteiger partial charge < -0.3 is 4.74 Å². The van der Waals surface area contributed by atoms with Crippen LogP contribution in [0, 0.1) is 6.92 Å². The number of halogens is 6. The van der Waals surface area contributed by atoms with Gasteiger partial charge >= 0.3 is 12.1 Å². The lowest BCUT2D eigenvalue weighted by molar-refractivity contribution is -0.250. The van der Waals surface area contributed by atoms with E-state index in [1.54, 1.807) is 0 Å². The third kappa shape index (κ3) is 3.71. The van der Waals surface area contributed by atoms with E-state index in [0.717, 1.165) is 6.33 Å². The van der Waals surface area contributed by atoms with E-state index in [-0.39, 0.29) is 17.3 Å². The van der Waals surface area contributed by atoms with Crippen molar-refractivity contribution in [1.29, 1.82) is 0 Å². The maximum Gasteiger partial charge on any atom is 0.425 e. The summed E-state index contributed by atoms with van der Waals surface area (Å²) in [6.07, 6.45) is -4.72. The summed E-state index contributed by atoms with van der Waals surface area (Å²) in [6, 6.07) is 0. The fraction of sp³-hybridized carbons (Fsp3) is 0.417. The summed E-state index contributed by atoms with van der Waals surface area (Å²) in [5, 5.41) is 0. The molecular formula is C12H10F6N4O. The van der Waals surface area contributed by atoms with Crippen LogP contribution in [-0.4, -0.2) is 44.4 Å². The lowest BCUT2D eigenvalue weighted by Crippen LogP contribution is -2.45. The molecule has 126 valence electrons. The minimum Gasteiger partial charge on any atom is -0.471 e. The largest absolute Gasteiger partial charge is 0.471 e. The second-order valence-corrected chi connectivity index (χ2v) is 4.55. The van der Waals surface area contributed by atoms with E-state index in [1.165, 1.54) is 30.2 Å². The quantitative estimate of drug-likeness (QED) is 0.786. The molecule has 2 aromatic heterocycles. The van der Waals surface area contributed by atoms with E-state index in [2.05, 4.69) is 19.7 Å². The Morgan fingerprint density at radius 1 is 1.22 bits per heavy atom. The molecule has 2 heterocycles. The van der Waals surface area contributed by atoms with E-state index in [9.17, 15) is 26.3 Å². The molecule has 0 aliphatic carbocycles. The van der Waals surface area contributed by atoms with E-state index in [4.69, 9.17) is 0 Å². The molecule has 2 rings (SSSR count). The highest BCUT2D eigenvalue weighted by Crippen LogP contribution is 2.35. The first-order valence-electron chi connectivity index (χ1n) is 6.14. The molecule has 2 aromatic rings. The van der Waals surface area contributed by atoms with Crippen LogP contribution in [0.4, 0.5) is 26.3 Å². The fourth-order valence-corrected chi connectivity index (χ4v) is 1.69. The van der Waals surface area contributed by atoms with Gasteiger partial charge in [0.15, 0.2) is 6.61 Å². The molecule has 0 saturated heterocycles. The molecule has 0 bridgehead atoms. The number of hydrogen-bond acceptors (Lipinski definition) is 4. The number of nitrogens with zero attached hydrogens (tertiary/aromatic N) is 4. The Morgan fingerprint density at radius 3 is 2.48 bits per heavy atom. The van der Waals surface area contributed by atoms with Crippen molar-refractivity contribution >= 4 is 0 Å². The Labute approximate surface area is 125 Å². The Hall–Kier alpha value is -2.33. The lowest BCUT2D eigenvalue weighted by Gasteiger charge is -2.22. The van der Waals surface area contributed by atoms with Gasteiger partial charge in [-0.25, -0.2) is 19.3 Å². The summed E-state index contributed by atoms with van der Waals surface area (Å²) in [5.41, 5.74) is 0.184. The highest BCUT2D eigenvalue weighted by molar-refractivity contribution is 5.38. The third-order valence-electron chi connectivity index (χ3n) is 2.82. The van der Waals surface area contributed by atoms with Crippen LogP contribution in [0.2, 0.25) is 0 Å². The van der Waals surface area contributed by atoms with Gasteiger partial charge in [-0.3, -0.25) is 4.57 Å². The Bertz CT molecular complexity index is 658. The molecule has 0 N–H and O–H groups in total. The number of hydrogen-bond donors (Lipinski definition) is 0. The first-order chi connectivity index (χ1) is 10.6. The van der Waals surface area contributed by atoms with Crippen molar-refractivity contribution in [3.8, 4) is 11.7 Å². The molecule has 0 aliphatic heterocycles. The summed E-state index contributed by atoms with van der Waals surface area (Å²) in [6.45, 7) is -0.394. The monoisotopic (exact) mass is 340 g/mol. The van der Waals surface area contributed by atoms with Crippen LogP contribution in [0.3, 0.4) is 0 Å². The number of aromatic nitrogens is 4. The van der Waals surface area contributed by atoms with Crippen LogP contribution in [0.1, 0.15) is 5.56 Å². The van der Waals surface area contributed by atoms with Gasteiger partial charge in [-0.1, -0.05) is 0 Å². The van der Waals surface area contributed by atoms with Crippen molar-refractivity contribution in [1.82, 2.24) is 19.5 Å². The van der Waals surface area contributed by atoms with E-state index < -0.39 is 24.9 Å². The molecular weight excluding hydrogens is 330 g/mol. The molecule has 5 nitrogen and oxygen atoms in total. The number of rotatable bonds is 5. The highest BCUT2D eigenvalue weighted by atomic mass is 19.4. The SMILES string of the molecule is Cc1c(OCC(F)(F)C(F)C(F)(F)F)ncnc1-n1ccnc1. The molecule has 0 aliphatic rings. The van der Waals surface area contributed by atoms with Gasteiger partial charge in [-0.05, 0) is 6.92 Å². The molecule has 0 radical (unpaired) electrons. The van der Waals surface area contributed by atoms with Crippen LogP contribution in [-0.2, 0) is 0 Å². The number of alkyl halides is 6. The van der Waals surface area contributed by atoms with E-state index >= 15 is 0 Å². The summed E-state index contributed by atoms with van der Waals surface area (Å²) < 4.78 is 81.4. The summed E-state index contributed by atoms with van der Waals surface area (Å²) in [5.74, 6) is -4.88. The molecule has 11 heteroatoms. The maximum atomic E-state index is 13.2. The van der Waals surface area contributed by atoms with Crippen LogP contribution >= 0.6 is 0 Å². The average Bonchev–Trinajstić information content (AvgIpc) is 2.98. The molecule has 1 atom stereocenters. The molecule has 0 spiro atoms. The first-order valence-corrected chi connectivity index (χ1v) is 6.14. The van der Waals surface area contributed by atoms with Crippen molar-refractivity contribution in [3.63, 3.8) is 0 Å². The predicted octanol–water partition coefficient (Wildman–Crippen LogP) is 2.89. The fourth-order valence-electron chi connectivity index (χ4n) is 1.69. The molecule has 0 saturated carbocycles. The van der Waals surface area contributed by atoms with Crippen molar-refractivity contribution in [2.24, 2.45) is 0 Å². The van der Waals surface area contributed by atoms with E-state index in [1.807, 2.05) is 0 Å². The first kappa shape index (κ1) is 17.0. The van der Waals surface area contributed by atoms with Crippen molar-refractivity contribution < 1.29 is 31.1 Å². The zero-order valence-corrected chi connectivity index (χ0v) is 11.6. The average molecular weight is 340 g/mol. The smallest absolute Gasteiger partial charge is 0.425 e. The predicted molar refractivity (Wildman–Crippen MR) is 65.3 cm³/mol. The topological polar surface area (TPSA) is 52.8 Å². The standard InChI is InChI=1S/C12H10F6N4O/c1-7-8(22-3-2-19-6-22)20-5-21-9(7)23-4-11(14,15)10(13)12(16,17)18/h2-3,5-6,10H,4H2,1H3. The number of ether oxygens (including phenoxy) is 1. The third-order valence-corrected chi connectivity index (χ3v) is 2.82. The molecule has 1 unspecified atom stereocenters. The Balaban J connectivity index is 2.17. The van der Waals surface area contributed by atoms with Crippen molar-refractivity contribution in [2.75, 3.05) is 6.61 Å². The second kappa shape index (κ2) is 6.05. The minimum atomic E-state index is -5.68. The summed E-state index contributed by atoms with van der Waals surface area (Å²) in [7, 11) is 0. The Kier molecular flexibility index (Phi) is 4.48. The minimum absolute atomic E-state index is 0.184. The highest BCUT2D eigenvalue weighted by Gasteiger charge is 2.57. The van der Waals surface area contributed by atoms with Gasteiger partial charge in [-0.2, -0.15) is 22.0 Å². The molecule has 0 aromatic carbocycles. The normalized spacial score (nSPS) is 13.9. The maximum absolute atomic E-state index is 13.2.